The fourth-order valence-electron chi connectivity index (χ4n) is 4.63. The number of nitrogens with zero attached hydrogens (tertiary/aromatic N) is 1. The number of carbonyl (C=O) groups excluding carboxylic acids is 2. The number of anilines is 2. The number of para-hydroxylation sites is 1. The minimum Gasteiger partial charge on any atom is -0.326 e. The number of fused-ring (bicyclic) bond motifs is 1. The molecule has 0 radical (unpaired) electrons. The lowest BCUT2D eigenvalue weighted by Crippen LogP contribution is -2.38. The van der Waals surface area contributed by atoms with Gasteiger partial charge in [-0.25, -0.2) is 13.1 Å². The highest BCUT2D eigenvalue weighted by Crippen LogP contribution is 2.34. The summed E-state index contributed by atoms with van der Waals surface area (Å²) in [4.78, 5) is 26.2. The van der Waals surface area contributed by atoms with E-state index in [0.29, 0.717) is 12.2 Å². The summed E-state index contributed by atoms with van der Waals surface area (Å²) >= 11 is 0. The summed E-state index contributed by atoms with van der Waals surface area (Å²) in [7, 11) is -3.62. The van der Waals surface area contributed by atoms with Gasteiger partial charge in [0.25, 0.3) is 0 Å². The van der Waals surface area contributed by atoms with E-state index in [4.69, 9.17) is 0 Å². The molecule has 1 aliphatic heterocycles. The molecule has 0 spiro atoms. The van der Waals surface area contributed by atoms with Gasteiger partial charge in [-0.3, -0.25) is 9.59 Å². The molecule has 4 rings (SSSR count). The third-order valence-corrected chi connectivity index (χ3v) is 7.84. The van der Waals surface area contributed by atoms with Gasteiger partial charge in [-0.2, -0.15) is 0 Å². The molecular weight excluding hydrogens is 426 g/mol. The Morgan fingerprint density at radius 1 is 1.00 bits per heavy atom. The maximum absolute atomic E-state index is 13.1. The second-order valence-corrected chi connectivity index (χ2v) is 10.4. The lowest BCUT2D eigenvalue weighted by atomic mass is 9.81. The molecule has 0 saturated heterocycles. The normalized spacial score (nSPS) is 20.6. The average molecular weight is 456 g/mol. The Bertz CT molecular complexity index is 1090. The van der Waals surface area contributed by atoms with Crippen LogP contribution in [0.1, 0.15) is 38.2 Å². The Labute approximate surface area is 189 Å². The zero-order valence-corrected chi connectivity index (χ0v) is 19.0. The van der Waals surface area contributed by atoms with Gasteiger partial charge in [0.1, 0.15) is 0 Å². The largest absolute Gasteiger partial charge is 0.326 e. The molecule has 2 aromatic rings. The fourth-order valence-corrected chi connectivity index (χ4v) is 5.75. The summed E-state index contributed by atoms with van der Waals surface area (Å²) < 4.78 is 27.9. The number of rotatable bonds is 6. The second-order valence-electron chi connectivity index (χ2n) is 8.64. The van der Waals surface area contributed by atoms with Crippen molar-refractivity contribution in [1.82, 2.24) is 4.72 Å². The number of nitrogens with one attached hydrogen (secondary N) is 2. The topological polar surface area (TPSA) is 95.6 Å². The van der Waals surface area contributed by atoms with Gasteiger partial charge >= 0.3 is 0 Å². The molecule has 170 valence electrons. The van der Waals surface area contributed by atoms with Crippen LogP contribution in [0.2, 0.25) is 0 Å². The zero-order valence-electron chi connectivity index (χ0n) is 18.2. The van der Waals surface area contributed by atoms with Crippen molar-refractivity contribution in [3.8, 4) is 0 Å². The summed E-state index contributed by atoms with van der Waals surface area (Å²) in [5.74, 6) is 0.226. The number of benzene rings is 2. The summed E-state index contributed by atoms with van der Waals surface area (Å²) in [5.41, 5.74) is 2.83. The predicted octanol–water partition coefficient (Wildman–Crippen LogP) is 3.32. The molecule has 0 unspecified atom stereocenters. The first kappa shape index (κ1) is 22.5. The summed E-state index contributed by atoms with van der Waals surface area (Å²) in [6.07, 6.45) is 4.14. The Morgan fingerprint density at radius 2 is 1.69 bits per heavy atom. The molecule has 32 heavy (non-hydrogen) atoms. The summed E-state index contributed by atoms with van der Waals surface area (Å²) in [6.45, 7) is 2.51. The van der Waals surface area contributed by atoms with Crippen LogP contribution in [0.15, 0.2) is 53.4 Å². The van der Waals surface area contributed by atoms with E-state index in [9.17, 15) is 18.0 Å². The molecule has 0 bridgehead atoms. The fraction of sp³-hybridized carbons (Fsp3) is 0.417. The highest BCUT2D eigenvalue weighted by molar-refractivity contribution is 7.89. The van der Waals surface area contributed by atoms with E-state index in [1.54, 1.807) is 12.1 Å². The van der Waals surface area contributed by atoms with Crippen LogP contribution in [0.4, 0.5) is 11.4 Å². The van der Waals surface area contributed by atoms with Crippen LogP contribution in [-0.4, -0.2) is 33.3 Å². The molecule has 8 heteroatoms. The van der Waals surface area contributed by atoms with E-state index >= 15 is 0 Å². The highest BCUT2D eigenvalue weighted by atomic mass is 32.2. The molecule has 0 aromatic heterocycles. The Kier molecular flexibility index (Phi) is 6.62. The van der Waals surface area contributed by atoms with Crippen LogP contribution >= 0.6 is 0 Å². The number of hydrogen-bond acceptors (Lipinski definition) is 4. The van der Waals surface area contributed by atoms with Gasteiger partial charge in [0, 0.05) is 37.3 Å². The number of hydrogen-bond donors (Lipinski definition) is 2. The van der Waals surface area contributed by atoms with E-state index in [1.807, 2.05) is 23.1 Å². The molecule has 7 nitrogen and oxygen atoms in total. The van der Waals surface area contributed by atoms with Crippen molar-refractivity contribution in [3.05, 3.63) is 54.1 Å². The number of sulfonamides is 1. The quantitative estimate of drug-likeness (QED) is 0.699. The number of amides is 2. The van der Waals surface area contributed by atoms with E-state index < -0.39 is 10.0 Å². The molecule has 0 atom stereocenters. The first-order valence-electron chi connectivity index (χ1n) is 11.1. The van der Waals surface area contributed by atoms with Crippen LogP contribution in [0.5, 0.6) is 0 Å². The van der Waals surface area contributed by atoms with E-state index in [-0.39, 0.29) is 28.5 Å². The number of carbonyl (C=O) groups is 2. The lowest BCUT2D eigenvalue weighted by molar-refractivity contribution is -0.123. The lowest BCUT2D eigenvalue weighted by Gasteiger charge is -2.30. The second kappa shape index (κ2) is 9.42. The molecule has 1 saturated carbocycles. The monoisotopic (exact) mass is 455 g/mol. The molecule has 2 N–H and O–H groups in total. The third kappa shape index (κ3) is 5.02. The zero-order chi connectivity index (χ0) is 22.7. The minimum atomic E-state index is -3.62. The van der Waals surface area contributed by atoms with Crippen molar-refractivity contribution >= 4 is 33.2 Å². The predicted molar refractivity (Wildman–Crippen MR) is 124 cm³/mol. The van der Waals surface area contributed by atoms with Crippen molar-refractivity contribution in [3.63, 3.8) is 0 Å². The van der Waals surface area contributed by atoms with Crippen LogP contribution in [0.3, 0.4) is 0 Å². The molecule has 2 aliphatic rings. The van der Waals surface area contributed by atoms with Crippen molar-refractivity contribution in [1.29, 1.82) is 0 Å². The molecular formula is C24H29N3O4S. The van der Waals surface area contributed by atoms with Crippen molar-refractivity contribution in [2.24, 2.45) is 11.8 Å². The first-order chi connectivity index (χ1) is 15.3. The molecule has 2 amide bonds. The van der Waals surface area contributed by atoms with Crippen LogP contribution in [-0.2, 0) is 26.0 Å². The maximum Gasteiger partial charge on any atom is 0.240 e. The van der Waals surface area contributed by atoms with Gasteiger partial charge < -0.3 is 10.2 Å². The van der Waals surface area contributed by atoms with E-state index in [0.717, 1.165) is 44.3 Å². The van der Waals surface area contributed by atoms with Crippen LogP contribution in [0.25, 0.3) is 0 Å². The first-order valence-corrected chi connectivity index (χ1v) is 12.6. The molecule has 1 aliphatic carbocycles. The Morgan fingerprint density at radius 3 is 2.38 bits per heavy atom. The van der Waals surface area contributed by atoms with Gasteiger partial charge in [0.15, 0.2) is 0 Å². The van der Waals surface area contributed by atoms with Crippen LogP contribution < -0.4 is 14.9 Å². The van der Waals surface area contributed by atoms with Crippen molar-refractivity contribution in [2.45, 2.75) is 43.9 Å². The van der Waals surface area contributed by atoms with Crippen LogP contribution in [0, 0.1) is 11.8 Å². The van der Waals surface area contributed by atoms with Gasteiger partial charge in [-0.05, 0) is 73.9 Å². The average Bonchev–Trinajstić information content (AvgIpc) is 3.22. The Hall–Kier alpha value is -2.71. The minimum absolute atomic E-state index is 0.00957. The standard InChI is InChI=1S/C24H29N3O4S/c1-17(28)26-21-10-12-22(13-11-21)32(30,31)25-16-18-6-8-20(9-7-18)24(29)27-15-14-19-4-2-3-5-23(19)27/h2-5,10-13,18,20,25H,6-9,14-16H2,1H3,(H,26,28). The Balaban J connectivity index is 1.28. The molecule has 1 fully saturated rings. The molecule has 1 heterocycles. The summed E-state index contributed by atoms with van der Waals surface area (Å²) in [6, 6.07) is 14.2. The summed E-state index contributed by atoms with van der Waals surface area (Å²) in [5, 5.41) is 2.62. The van der Waals surface area contributed by atoms with Crippen molar-refractivity contribution in [2.75, 3.05) is 23.3 Å². The van der Waals surface area contributed by atoms with Crippen molar-refractivity contribution < 1.29 is 18.0 Å². The van der Waals surface area contributed by atoms with Gasteiger partial charge in [0.2, 0.25) is 21.8 Å². The smallest absolute Gasteiger partial charge is 0.240 e. The van der Waals surface area contributed by atoms with Gasteiger partial charge in [-0.1, -0.05) is 18.2 Å². The third-order valence-electron chi connectivity index (χ3n) is 6.40. The van der Waals surface area contributed by atoms with Gasteiger partial charge in [-0.15, -0.1) is 0 Å². The maximum atomic E-state index is 13.1. The highest BCUT2D eigenvalue weighted by Gasteiger charge is 2.33. The SMILES string of the molecule is CC(=O)Nc1ccc(S(=O)(=O)NCC2CCC(C(=O)N3CCc4ccccc43)CC2)cc1. The van der Waals surface area contributed by atoms with Gasteiger partial charge in [0.05, 0.1) is 4.90 Å². The molecule has 2 aromatic carbocycles. The van der Waals surface area contributed by atoms with E-state index in [2.05, 4.69) is 16.1 Å². The van der Waals surface area contributed by atoms with E-state index in [1.165, 1.54) is 24.6 Å².